The zero-order chi connectivity index (χ0) is 9.84. The number of rotatable bonds is 4. The topological polar surface area (TPSA) is 90.7 Å². The number of aliphatic hydroxyl groups is 2. The quantitative estimate of drug-likeness (QED) is 0.627. The minimum atomic E-state index is -1.08. The molecule has 6 heteroatoms. The molecule has 0 saturated carbocycles. The highest BCUT2D eigenvalue weighted by Gasteiger charge is 2.11. The number of carboxylic acid groups (broad SMARTS) is 1. The van der Waals surface area contributed by atoms with Crippen LogP contribution in [0.3, 0.4) is 0 Å². The number of carboxylic acids is 1. The molecule has 0 amide bonds. The standard InChI is InChI=1S/C7H9NO4S/c9-2-4(10)1-6-8-5(3-13-6)7(11)12/h3-4,9-10H,1-2H2,(H,11,12). The summed E-state index contributed by atoms with van der Waals surface area (Å²) in [5.74, 6) is -1.08. The van der Waals surface area contributed by atoms with Crippen LogP contribution in [0.15, 0.2) is 5.38 Å². The first-order valence-corrected chi connectivity index (χ1v) is 4.48. The molecule has 0 aliphatic carbocycles. The van der Waals surface area contributed by atoms with Crippen molar-refractivity contribution in [3.63, 3.8) is 0 Å². The van der Waals surface area contributed by atoms with Gasteiger partial charge in [-0.15, -0.1) is 11.3 Å². The molecule has 0 radical (unpaired) electrons. The molecule has 13 heavy (non-hydrogen) atoms. The zero-order valence-electron chi connectivity index (χ0n) is 6.67. The molecule has 0 spiro atoms. The van der Waals surface area contributed by atoms with Crippen LogP contribution in [0.4, 0.5) is 0 Å². The molecule has 0 fully saturated rings. The van der Waals surface area contributed by atoms with Gasteiger partial charge in [0.25, 0.3) is 0 Å². The third-order valence-corrected chi connectivity index (χ3v) is 2.26. The third-order valence-electron chi connectivity index (χ3n) is 1.39. The number of thiazole rings is 1. The lowest BCUT2D eigenvalue weighted by atomic mass is 10.3. The van der Waals surface area contributed by atoms with Gasteiger partial charge in [0.1, 0.15) is 0 Å². The summed E-state index contributed by atoms with van der Waals surface area (Å²) >= 11 is 1.16. The second kappa shape index (κ2) is 4.31. The first kappa shape index (κ1) is 10.1. The molecule has 0 aliphatic heterocycles. The minimum Gasteiger partial charge on any atom is -0.476 e. The summed E-state index contributed by atoms with van der Waals surface area (Å²) in [5, 5.41) is 28.0. The van der Waals surface area contributed by atoms with Crippen molar-refractivity contribution < 1.29 is 20.1 Å². The fraction of sp³-hybridized carbons (Fsp3) is 0.429. The van der Waals surface area contributed by atoms with Gasteiger partial charge in [-0.2, -0.15) is 0 Å². The second-order valence-corrected chi connectivity index (χ2v) is 3.41. The van der Waals surface area contributed by atoms with Crippen molar-refractivity contribution in [2.24, 2.45) is 0 Å². The van der Waals surface area contributed by atoms with Crippen LogP contribution in [0, 0.1) is 0 Å². The Morgan fingerprint density at radius 2 is 2.38 bits per heavy atom. The van der Waals surface area contributed by atoms with E-state index in [1.807, 2.05) is 0 Å². The predicted octanol–water partition coefficient (Wildman–Crippen LogP) is -0.263. The molecule has 1 aromatic rings. The van der Waals surface area contributed by atoms with Gasteiger partial charge in [-0.05, 0) is 0 Å². The van der Waals surface area contributed by atoms with Gasteiger partial charge in [0, 0.05) is 11.8 Å². The molecular weight excluding hydrogens is 194 g/mol. The van der Waals surface area contributed by atoms with Crippen LogP contribution in [-0.2, 0) is 6.42 Å². The summed E-state index contributed by atoms with van der Waals surface area (Å²) in [6.07, 6.45) is -0.679. The molecule has 0 aromatic carbocycles. The number of aliphatic hydroxyl groups excluding tert-OH is 2. The number of carbonyl (C=O) groups is 1. The molecule has 5 nitrogen and oxygen atoms in total. The first-order valence-electron chi connectivity index (χ1n) is 3.60. The van der Waals surface area contributed by atoms with Crippen molar-refractivity contribution >= 4 is 17.3 Å². The Labute approximate surface area is 78.3 Å². The summed E-state index contributed by atoms with van der Waals surface area (Å²) in [6.45, 7) is -0.345. The van der Waals surface area contributed by atoms with Gasteiger partial charge in [0.15, 0.2) is 5.69 Å². The van der Waals surface area contributed by atoms with E-state index in [9.17, 15) is 4.79 Å². The zero-order valence-corrected chi connectivity index (χ0v) is 7.49. The highest BCUT2D eigenvalue weighted by atomic mass is 32.1. The maximum absolute atomic E-state index is 10.4. The third kappa shape index (κ3) is 2.76. The lowest BCUT2D eigenvalue weighted by Gasteiger charge is -2.01. The van der Waals surface area contributed by atoms with Gasteiger partial charge in [0.2, 0.25) is 0 Å². The van der Waals surface area contributed by atoms with Crippen LogP contribution >= 0.6 is 11.3 Å². The number of hydrogen-bond donors (Lipinski definition) is 3. The number of aromatic carboxylic acids is 1. The Balaban J connectivity index is 2.64. The average Bonchev–Trinajstić information content (AvgIpc) is 2.52. The van der Waals surface area contributed by atoms with Crippen molar-refractivity contribution in [1.29, 1.82) is 0 Å². The van der Waals surface area contributed by atoms with Gasteiger partial charge < -0.3 is 15.3 Å². The van der Waals surface area contributed by atoms with E-state index in [1.54, 1.807) is 0 Å². The summed E-state index contributed by atoms with van der Waals surface area (Å²) in [4.78, 5) is 14.1. The second-order valence-electron chi connectivity index (χ2n) is 2.47. The van der Waals surface area contributed by atoms with Crippen LogP contribution < -0.4 is 0 Å². The van der Waals surface area contributed by atoms with Crippen LogP contribution in [0.2, 0.25) is 0 Å². The number of aromatic nitrogens is 1. The van der Waals surface area contributed by atoms with Crippen molar-refractivity contribution in [1.82, 2.24) is 4.98 Å². The van der Waals surface area contributed by atoms with E-state index in [4.69, 9.17) is 15.3 Å². The smallest absolute Gasteiger partial charge is 0.355 e. The summed E-state index contributed by atoms with van der Waals surface area (Å²) < 4.78 is 0. The molecule has 3 N–H and O–H groups in total. The van der Waals surface area contributed by atoms with Crippen LogP contribution in [0.25, 0.3) is 0 Å². The molecule has 0 saturated heterocycles. The molecule has 1 heterocycles. The maximum atomic E-state index is 10.4. The van der Waals surface area contributed by atoms with Crippen molar-refractivity contribution in [3.8, 4) is 0 Å². The summed E-state index contributed by atoms with van der Waals surface area (Å²) in [6, 6.07) is 0. The number of nitrogens with zero attached hydrogens (tertiary/aromatic N) is 1. The fourth-order valence-electron chi connectivity index (χ4n) is 0.769. The lowest BCUT2D eigenvalue weighted by Crippen LogP contribution is -2.15. The molecule has 72 valence electrons. The van der Waals surface area contributed by atoms with Crippen LogP contribution in [-0.4, -0.2) is 39.0 Å². The predicted molar refractivity (Wildman–Crippen MR) is 45.9 cm³/mol. The van der Waals surface area contributed by atoms with Gasteiger partial charge >= 0.3 is 5.97 Å². The molecule has 0 bridgehead atoms. The van der Waals surface area contributed by atoms with E-state index >= 15 is 0 Å². The Kier molecular flexibility index (Phi) is 3.35. The minimum absolute atomic E-state index is 0.0230. The first-order chi connectivity index (χ1) is 6.13. The average molecular weight is 203 g/mol. The Bertz CT molecular complexity index is 298. The van der Waals surface area contributed by atoms with Gasteiger partial charge in [0.05, 0.1) is 17.7 Å². The largest absolute Gasteiger partial charge is 0.476 e. The van der Waals surface area contributed by atoms with E-state index < -0.39 is 12.1 Å². The van der Waals surface area contributed by atoms with Crippen LogP contribution in [0.1, 0.15) is 15.5 Å². The molecule has 1 atom stereocenters. The number of hydrogen-bond acceptors (Lipinski definition) is 5. The van der Waals surface area contributed by atoms with Crippen LogP contribution in [0.5, 0.6) is 0 Å². The van der Waals surface area contributed by atoms with Crippen molar-refractivity contribution in [3.05, 3.63) is 16.1 Å². The van der Waals surface area contributed by atoms with E-state index in [1.165, 1.54) is 5.38 Å². The van der Waals surface area contributed by atoms with Crippen molar-refractivity contribution in [2.45, 2.75) is 12.5 Å². The Morgan fingerprint density at radius 1 is 1.69 bits per heavy atom. The molecule has 1 unspecified atom stereocenters. The monoisotopic (exact) mass is 203 g/mol. The van der Waals surface area contributed by atoms with Crippen molar-refractivity contribution in [2.75, 3.05) is 6.61 Å². The molecular formula is C7H9NO4S. The van der Waals surface area contributed by atoms with Gasteiger partial charge in [-0.3, -0.25) is 0 Å². The van der Waals surface area contributed by atoms with E-state index in [0.29, 0.717) is 5.01 Å². The Morgan fingerprint density at radius 3 is 2.85 bits per heavy atom. The summed E-state index contributed by atoms with van der Waals surface area (Å²) in [7, 11) is 0. The lowest BCUT2D eigenvalue weighted by molar-refractivity contribution is 0.0690. The maximum Gasteiger partial charge on any atom is 0.355 e. The van der Waals surface area contributed by atoms with Gasteiger partial charge in [-0.1, -0.05) is 0 Å². The SMILES string of the molecule is O=C(O)c1csc(CC(O)CO)n1. The highest BCUT2D eigenvalue weighted by Crippen LogP contribution is 2.11. The highest BCUT2D eigenvalue weighted by molar-refractivity contribution is 7.09. The van der Waals surface area contributed by atoms with E-state index in [0.717, 1.165) is 11.3 Å². The summed E-state index contributed by atoms with van der Waals surface area (Å²) in [5.41, 5.74) is -0.0230. The molecule has 1 rings (SSSR count). The normalized spacial score (nSPS) is 12.8. The van der Waals surface area contributed by atoms with E-state index in [2.05, 4.69) is 4.98 Å². The molecule has 0 aliphatic rings. The Hall–Kier alpha value is -0.980. The fourth-order valence-corrected chi connectivity index (χ4v) is 1.61. The molecule has 1 aromatic heterocycles. The van der Waals surface area contributed by atoms with Gasteiger partial charge in [-0.25, -0.2) is 9.78 Å². The van der Waals surface area contributed by atoms with E-state index in [-0.39, 0.29) is 18.7 Å².